The third-order valence-corrected chi connectivity index (χ3v) is 4.21. The third-order valence-electron chi connectivity index (χ3n) is 4.21. The molecule has 0 aliphatic carbocycles. The Morgan fingerprint density at radius 2 is 2.05 bits per heavy atom. The van der Waals surface area contributed by atoms with Gasteiger partial charge in [-0.3, -0.25) is 11.3 Å². The fourth-order valence-corrected chi connectivity index (χ4v) is 3.12. The van der Waals surface area contributed by atoms with E-state index in [1.807, 2.05) is 6.92 Å². The van der Waals surface area contributed by atoms with Crippen LogP contribution < -0.4 is 11.3 Å². The molecule has 1 unspecified atom stereocenters. The zero-order valence-corrected chi connectivity index (χ0v) is 12.7. The summed E-state index contributed by atoms with van der Waals surface area (Å²) in [5, 5.41) is 0. The van der Waals surface area contributed by atoms with Gasteiger partial charge in [0.1, 0.15) is 0 Å². The minimum atomic E-state index is -0.277. The fraction of sp³-hybridized carbons (Fsp3) is 0.625. The Morgan fingerprint density at radius 3 is 2.65 bits per heavy atom. The van der Waals surface area contributed by atoms with Gasteiger partial charge in [-0.15, -0.1) is 0 Å². The Kier molecular flexibility index (Phi) is 5.16. The van der Waals surface area contributed by atoms with Crippen molar-refractivity contribution < 1.29 is 9.47 Å². The molecule has 1 atom stereocenters. The molecule has 1 aliphatic rings. The lowest BCUT2D eigenvalue weighted by Crippen LogP contribution is -2.52. The van der Waals surface area contributed by atoms with Crippen LogP contribution >= 0.6 is 0 Å². The molecular weight excluding hydrogens is 252 g/mol. The summed E-state index contributed by atoms with van der Waals surface area (Å²) in [6.45, 7) is 8.40. The van der Waals surface area contributed by atoms with Crippen molar-refractivity contribution in [2.45, 2.75) is 45.3 Å². The van der Waals surface area contributed by atoms with Crippen LogP contribution in [-0.4, -0.2) is 25.4 Å². The Bertz CT molecular complexity index is 437. The molecule has 0 amide bonds. The molecule has 112 valence electrons. The van der Waals surface area contributed by atoms with Crippen molar-refractivity contribution in [2.75, 3.05) is 19.8 Å². The quantitative estimate of drug-likeness (QED) is 0.641. The van der Waals surface area contributed by atoms with E-state index in [4.69, 9.17) is 15.3 Å². The molecule has 4 heteroatoms. The van der Waals surface area contributed by atoms with Crippen LogP contribution in [0.4, 0.5) is 0 Å². The number of aryl methyl sites for hydroxylation is 2. The van der Waals surface area contributed by atoms with Gasteiger partial charge in [0.15, 0.2) is 0 Å². The van der Waals surface area contributed by atoms with Gasteiger partial charge in [0.2, 0.25) is 0 Å². The molecule has 1 fully saturated rings. The van der Waals surface area contributed by atoms with Gasteiger partial charge >= 0.3 is 0 Å². The average molecular weight is 278 g/mol. The number of hydrogen-bond acceptors (Lipinski definition) is 4. The topological polar surface area (TPSA) is 56.5 Å². The molecule has 3 N–H and O–H groups in total. The zero-order chi connectivity index (χ0) is 14.6. The molecular formula is C16H26N2O2. The third kappa shape index (κ3) is 3.04. The standard InChI is InChI=1S/C16H26N2O2/c1-4-20-16(7-9-19-10-8-16)15(18-17)14-11-12(2)5-6-13(14)3/h5-6,11,15,18H,4,7-10,17H2,1-3H3. The van der Waals surface area contributed by atoms with E-state index < -0.39 is 0 Å². The molecule has 1 heterocycles. The van der Waals surface area contributed by atoms with Crippen molar-refractivity contribution in [3.05, 3.63) is 34.9 Å². The highest BCUT2D eigenvalue weighted by Crippen LogP contribution is 2.38. The highest BCUT2D eigenvalue weighted by Gasteiger charge is 2.42. The number of hydrogen-bond donors (Lipinski definition) is 2. The van der Waals surface area contributed by atoms with Crippen LogP contribution in [0.3, 0.4) is 0 Å². The van der Waals surface area contributed by atoms with Crippen LogP contribution in [0.25, 0.3) is 0 Å². The number of benzene rings is 1. The van der Waals surface area contributed by atoms with E-state index in [0.29, 0.717) is 6.61 Å². The molecule has 1 saturated heterocycles. The Balaban J connectivity index is 2.39. The van der Waals surface area contributed by atoms with Gasteiger partial charge in [-0.1, -0.05) is 23.8 Å². The maximum Gasteiger partial charge on any atom is 0.0932 e. The maximum absolute atomic E-state index is 6.15. The largest absolute Gasteiger partial charge is 0.381 e. The van der Waals surface area contributed by atoms with Gasteiger partial charge < -0.3 is 9.47 Å². The fourth-order valence-electron chi connectivity index (χ4n) is 3.12. The van der Waals surface area contributed by atoms with E-state index in [-0.39, 0.29) is 11.6 Å². The van der Waals surface area contributed by atoms with Crippen LogP contribution in [-0.2, 0) is 9.47 Å². The SMILES string of the molecule is CCOC1(C(NN)c2cc(C)ccc2C)CCOCC1. The van der Waals surface area contributed by atoms with Crippen molar-refractivity contribution in [2.24, 2.45) is 5.84 Å². The van der Waals surface area contributed by atoms with Crippen LogP contribution in [0.2, 0.25) is 0 Å². The summed E-state index contributed by atoms with van der Waals surface area (Å²) in [5.41, 5.74) is 6.43. The maximum atomic E-state index is 6.15. The second kappa shape index (κ2) is 6.68. The highest BCUT2D eigenvalue weighted by molar-refractivity contribution is 5.35. The number of rotatable bonds is 5. The first-order valence-corrected chi connectivity index (χ1v) is 7.38. The van der Waals surface area contributed by atoms with Crippen molar-refractivity contribution >= 4 is 0 Å². The van der Waals surface area contributed by atoms with Crippen molar-refractivity contribution in [3.8, 4) is 0 Å². The Labute approximate surface area is 121 Å². The van der Waals surface area contributed by atoms with E-state index in [1.54, 1.807) is 0 Å². The predicted molar refractivity (Wildman–Crippen MR) is 80.4 cm³/mol. The molecule has 20 heavy (non-hydrogen) atoms. The summed E-state index contributed by atoms with van der Waals surface area (Å²) in [6.07, 6.45) is 1.73. The first-order valence-electron chi connectivity index (χ1n) is 7.38. The minimum absolute atomic E-state index is 0.00810. The summed E-state index contributed by atoms with van der Waals surface area (Å²) >= 11 is 0. The summed E-state index contributed by atoms with van der Waals surface area (Å²) in [6, 6.07) is 6.47. The van der Waals surface area contributed by atoms with E-state index in [2.05, 4.69) is 37.5 Å². The van der Waals surface area contributed by atoms with E-state index in [9.17, 15) is 0 Å². The predicted octanol–water partition coefficient (Wildman–Crippen LogP) is 2.39. The number of hydrazine groups is 1. The molecule has 0 radical (unpaired) electrons. The van der Waals surface area contributed by atoms with Gasteiger partial charge in [-0.25, -0.2) is 0 Å². The normalized spacial score (nSPS) is 19.8. The molecule has 4 nitrogen and oxygen atoms in total. The number of nitrogens with two attached hydrogens (primary N) is 1. The lowest BCUT2D eigenvalue weighted by molar-refractivity contribution is -0.128. The molecule has 0 aromatic heterocycles. The second-order valence-electron chi connectivity index (χ2n) is 5.57. The molecule has 0 spiro atoms. The van der Waals surface area contributed by atoms with E-state index >= 15 is 0 Å². The second-order valence-corrected chi connectivity index (χ2v) is 5.57. The lowest BCUT2D eigenvalue weighted by atomic mass is 9.80. The van der Waals surface area contributed by atoms with Crippen molar-refractivity contribution in [1.82, 2.24) is 5.43 Å². The summed E-state index contributed by atoms with van der Waals surface area (Å²) in [7, 11) is 0. The highest BCUT2D eigenvalue weighted by atomic mass is 16.5. The summed E-state index contributed by atoms with van der Waals surface area (Å²) in [4.78, 5) is 0. The van der Waals surface area contributed by atoms with Crippen molar-refractivity contribution in [1.29, 1.82) is 0 Å². The van der Waals surface area contributed by atoms with E-state index in [0.717, 1.165) is 26.1 Å². The Morgan fingerprint density at radius 1 is 1.35 bits per heavy atom. The van der Waals surface area contributed by atoms with Gasteiger partial charge in [0.25, 0.3) is 0 Å². The molecule has 1 aromatic carbocycles. The molecule has 2 rings (SSSR count). The minimum Gasteiger partial charge on any atom is -0.381 e. The lowest BCUT2D eigenvalue weighted by Gasteiger charge is -2.43. The summed E-state index contributed by atoms with van der Waals surface area (Å²) in [5.74, 6) is 5.90. The van der Waals surface area contributed by atoms with E-state index in [1.165, 1.54) is 16.7 Å². The molecule has 0 bridgehead atoms. The van der Waals surface area contributed by atoms with Crippen LogP contribution in [0.1, 0.15) is 42.5 Å². The summed E-state index contributed by atoms with van der Waals surface area (Å²) < 4.78 is 11.7. The van der Waals surface area contributed by atoms with Crippen molar-refractivity contribution in [3.63, 3.8) is 0 Å². The van der Waals surface area contributed by atoms with Gasteiger partial charge in [0, 0.05) is 32.7 Å². The molecule has 1 aliphatic heterocycles. The molecule has 0 saturated carbocycles. The monoisotopic (exact) mass is 278 g/mol. The van der Waals surface area contributed by atoms with Gasteiger partial charge in [-0.05, 0) is 31.9 Å². The Hall–Kier alpha value is -0.940. The molecule has 1 aromatic rings. The number of nitrogens with one attached hydrogen (secondary N) is 1. The smallest absolute Gasteiger partial charge is 0.0932 e. The first-order chi connectivity index (χ1) is 9.63. The van der Waals surface area contributed by atoms with Crippen LogP contribution in [0, 0.1) is 13.8 Å². The van der Waals surface area contributed by atoms with Gasteiger partial charge in [-0.2, -0.15) is 0 Å². The van der Waals surface area contributed by atoms with Crippen LogP contribution in [0.5, 0.6) is 0 Å². The van der Waals surface area contributed by atoms with Crippen LogP contribution in [0.15, 0.2) is 18.2 Å². The number of ether oxygens (including phenoxy) is 2. The van der Waals surface area contributed by atoms with Gasteiger partial charge in [0.05, 0.1) is 11.6 Å². The first kappa shape index (κ1) is 15.4. The zero-order valence-electron chi connectivity index (χ0n) is 12.7. The average Bonchev–Trinajstić information content (AvgIpc) is 2.45.